The van der Waals surface area contributed by atoms with Gasteiger partial charge in [-0.1, -0.05) is 22.4 Å². The summed E-state index contributed by atoms with van der Waals surface area (Å²) in [6, 6.07) is 0. The molecule has 3 aliphatic rings. The Hall–Kier alpha value is 0.440. The summed E-state index contributed by atoms with van der Waals surface area (Å²) in [5.74, 6) is 4.23. The van der Waals surface area contributed by atoms with Crippen LogP contribution in [0.3, 0.4) is 0 Å². The summed E-state index contributed by atoms with van der Waals surface area (Å²) in [7, 11) is 0. The number of hydrogen-bond donors (Lipinski definition) is 0. The highest BCUT2D eigenvalue weighted by Gasteiger charge is 2.40. The molecule has 1 saturated heterocycles. The zero-order valence-electron chi connectivity index (χ0n) is 9.50. The van der Waals surface area contributed by atoms with E-state index in [9.17, 15) is 0 Å². The maximum absolute atomic E-state index is 3.62. The van der Waals surface area contributed by atoms with Gasteiger partial charge in [-0.05, 0) is 55.9 Å². The Morgan fingerprint density at radius 2 is 2.07 bits per heavy atom. The molecule has 2 bridgehead atoms. The van der Waals surface area contributed by atoms with Crippen LogP contribution in [0, 0.1) is 23.7 Å². The van der Waals surface area contributed by atoms with Crippen LogP contribution >= 0.6 is 15.9 Å². The average molecular weight is 272 g/mol. The van der Waals surface area contributed by atoms with Gasteiger partial charge < -0.3 is 4.90 Å². The summed E-state index contributed by atoms with van der Waals surface area (Å²) in [6.07, 6.45) is 7.64. The third-order valence-corrected chi connectivity index (χ3v) is 5.88. The van der Waals surface area contributed by atoms with Crippen LogP contribution < -0.4 is 0 Å². The lowest BCUT2D eigenvalue weighted by Gasteiger charge is -2.26. The van der Waals surface area contributed by atoms with Gasteiger partial charge in [0.1, 0.15) is 0 Å². The predicted octanol–water partition coefficient (Wildman–Crippen LogP) is 3.14. The first-order valence-corrected chi connectivity index (χ1v) is 7.75. The molecule has 2 saturated carbocycles. The second kappa shape index (κ2) is 4.37. The molecule has 15 heavy (non-hydrogen) atoms. The lowest BCUT2D eigenvalue weighted by molar-refractivity contribution is 0.216. The highest BCUT2D eigenvalue weighted by molar-refractivity contribution is 9.09. The molecule has 0 radical (unpaired) electrons. The normalized spacial score (nSPS) is 45.4. The Kier molecular flexibility index (Phi) is 3.08. The van der Waals surface area contributed by atoms with Crippen molar-refractivity contribution in [1.82, 2.24) is 4.90 Å². The van der Waals surface area contributed by atoms with Crippen LogP contribution in [-0.2, 0) is 0 Å². The monoisotopic (exact) mass is 271 g/mol. The van der Waals surface area contributed by atoms with Gasteiger partial charge in [-0.25, -0.2) is 0 Å². The lowest BCUT2D eigenvalue weighted by Crippen LogP contribution is -2.30. The summed E-state index contributed by atoms with van der Waals surface area (Å²) in [4.78, 5) is 2.73. The molecule has 4 unspecified atom stereocenters. The van der Waals surface area contributed by atoms with Crippen molar-refractivity contribution < 1.29 is 0 Å². The number of fused-ring (bicyclic) bond motifs is 2. The molecule has 4 atom stereocenters. The summed E-state index contributed by atoms with van der Waals surface area (Å²) in [5, 5.41) is 1.21. The third-order valence-electron chi connectivity index (χ3n) is 4.97. The molecule has 0 aromatic rings. The van der Waals surface area contributed by atoms with E-state index in [0.29, 0.717) is 0 Å². The predicted molar refractivity (Wildman–Crippen MR) is 67.3 cm³/mol. The van der Waals surface area contributed by atoms with Crippen molar-refractivity contribution in [3.8, 4) is 0 Å². The molecular formula is C13H22BrN. The van der Waals surface area contributed by atoms with Gasteiger partial charge in [-0.15, -0.1) is 0 Å². The Labute approximate surface area is 102 Å². The number of alkyl halides is 1. The number of nitrogens with zero attached hydrogens (tertiary/aromatic N) is 1. The highest BCUT2D eigenvalue weighted by Crippen LogP contribution is 2.48. The second-order valence-corrected chi connectivity index (χ2v) is 6.65. The van der Waals surface area contributed by atoms with E-state index in [0.717, 1.165) is 23.7 Å². The number of halogens is 1. The van der Waals surface area contributed by atoms with Crippen molar-refractivity contribution in [2.24, 2.45) is 23.7 Å². The Morgan fingerprint density at radius 3 is 2.67 bits per heavy atom. The van der Waals surface area contributed by atoms with Crippen molar-refractivity contribution in [3.63, 3.8) is 0 Å². The largest absolute Gasteiger partial charge is 0.303 e. The first-order chi connectivity index (χ1) is 7.35. The molecule has 1 nitrogen and oxygen atoms in total. The SMILES string of the molecule is BrCC1CCN(CC2CC3CCC2C3)C1. The maximum atomic E-state index is 3.62. The zero-order valence-corrected chi connectivity index (χ0v) is 11.1. The van der Waals surface area contributed by atoms with E-state index in [-0.39, 0.29) is 0 Å². The Bertz CT molecular complexity index is 231. The van der Waals surface area contributed by atoms with Crippen molar-refractivity contribution >= 4 is 15.9 Å². The quantitative estimate of drug-likeness (QED) is 0.713. The first-order valence-electron chi connectivity index (χ1n) is 6.63. The van der Waals surface area contributed by atoms with Crippen LogP contribution in [0.25, 0.3) is 0 Å². The van der Waals surface area contributed by atoms with E-state index in [1.165, 1.54) is 31.4 Å². The third kappa shape index (κ3) is 2.12. The van der Waals surface area contributed by atoms with E-state index in [1.807, 2.05) is 0 Å². The van der Waals surface area contributed by atoms with E-state index in [2.05, 4.69) is 20.8 Å². The van der Waals surface area contributed by atoms with Crippen molar-refractivity contribution in [2.75, 3.05) is 25.0 Å². The van der Waals surface area contributed by atoms with Gasteiger partial charge in [0.05, 0.1) is 0 Å². The first kappa shape index (κ1) is 10.6. The molecule has 0 aromatic carbocycles. The second-order valence-electron chi connectivity index (χ2n) is 6.00. The van der Waals surface area contributed by atoms with Gasteiger partial charge in [0.25, 0.3) is 0 Å². The lowest BCUT2D eigenvalue weighted by atomic mass is 9.88. The van der Waals surface area contributed by atoms with Gasteiger partial charge in [-0.2, -0.15) is 0 Å². The van der Waals surface area contributed by atoms with Crippen molar-refractivity contribution in [2.45, 2.75) is 32.1 Å². The van der Waals surface area contributed by atoms with Crippen LogP contribution in [0.5, 0.6) is 0 Å². The van der Waals surface area contributed by atoms with Crippen LogP contribution in [-0.4, -0.2) is 29.9 Å². The molecule has 3 fully saturated rings. The summed E-state index contributed by atoms with van der Waals surface area (Å²) >= 11 is 3.62. The maximum Gasteiger partial charge on any atom is 0.00723 e. The minimum Gasteiger partial charge on any atom is -0.303 e. The Balaban J connectivity index is 1.50. The number of hydrogen-bond acceptors (Lipinski definition) is 1. The summed E-state index contributed by atoms with van der Waals surface area (Å²) in [5.41, 5.74) is 0. The molecule has 1 heterocycles. The molecular weight excluding hydrogens is 250 g/mol. The average Bonchev–Trinajstić information content (AvgIpc) is 2.92. The molecule has 0 spiro atoms. The fraction of sp³-hybridized carbons (Fsp3) is 1.00. The van der Waals surface area contributed by atoms with Gasteiger partial charge in [-0.3, -0.25) is 0 Å². The van der Waals surface area contributed by atoms with Crippen LogP contribution in [0.15, 0.2) is 0 Å². The van der Waals surface area contributed by atoms with Crippen molar-refractivity contribution in [1.29, 1.82) is 0 Å². The molecule has 0 aromatic heterocycles. The van der Waals surface area contributed by atoms with E-state index in [1.54, 1.807) is 25.7 Å². The smallest absolute Gasteiger partial charge is 0.00723 e. The fourth-order valence-corrected chi connectivity index (χ4v) is 4.66. The molecule has 0 N–H and O–H groups in total. The van der Waals surface area contributed by atoms with Crippen molar-refractivity contribution in [3.05, 3.63) is 0 Å². The van der Waals surface area contributed by atoms with Gasteiger partial charge >= 0.3 is 0 Å². The van der Waals surface area contributed by atoms with Crippen LogP contribution in [0.1, 0.15) is 32.1 Å². The highest BCUT2D eigenvalue weighted by atomic mass is 79.9. The fourth-order valence-electron chi connectivity index (χ4n) is 4.14. The zero-order chi connectivity index (χ0) is 10.3. The summed E-state index contributed by atoms with van der Waals surface area (Å²) in [6.45, 7) is 4.15. The molecule has 0 amide bonds. The Morgan fingerprint density at radius 1 is 1.13 bits per heavy atom. The number of likely N-dealkylation sites (tertiary alicyclic amines) is 1. The topological polar surface area (TPSA) is 3.24 Å². The standard InChI is InChI=1S/C13H22BrN/c14-7-11-3-4-15(8-11)9-13-6-10-1-2-12(13)5-10/h10-13H,1-9H2. The van der Waals surface area contributed by atoms with Gasteiger partial charge in [0.2, 0.25) is 0 Å². The minimum absolute atomic E-state index is 0.934. The van der Waals surface area contributed by atoms with Gasteiger partial charge in [0, 0.05) is 18.4 Å². The number of rotatable bonds is 3. The van der Waals surface area contributed by atoms with E-state index in [4.69, 9.17) is 0 Å². The van der Waals surface area contributed by atoms with Gasteiger partial charge in [0.15, 0.2) is 0 Å². The van der Waals surface area contributed by atoms with Crippen LogP contribution in [0.2, 0.25) is 0 Å². The molecule has 3 rings (SSSR count). The molecule has 2 heteroatoms. The molecule has 2 aliphatic carbocycles. The van der Waals surface area contributed by atoms with E-state index >= 15 is 0 Å². The van der Waals surface area contributed by atoms with Crippen LogP contribution in [0.4, 0.5) is 0 Å². The molecule has 1 aliphatic heterocycles. The van der Waals surface area contributed by atoms with E-state index < -0.39 is 0 Å². The summed E-state index contributed by atoms with van der Waals surface area (Å²) < 4.78 is 0. The molecule has 86 valence electrons. The minimum atomic E-state index is 0.934.